The first kappa shape index (κ1) is 16.4. The normalized spacial score (nSPS) is 12.4. The second-order valence-electron chi connectivity index (χ2n) is 5.41. The molecule has 1 atom stereocenters. The van der Waals surface area contributed by atoms with Crippen LogP contribution in [-0.2, 0) is 17.8 Å². The number of nitrogens with one attached hydrogen (secondary N) is 1. The van der Waals surface area contributed by atoms with Gasteiger partial charge in [0.1, 0.15) is 18.5 Å². The minimum atomic E-state index is -0.472. The highest BCUT2D eigenvalue weighted by Gasteiger charge is 2.19. The van der Waals surface area contributed by atoms with Gasteiger partial charge in [-0.3, -0.25) is 9.48 Å². The first-order valence-corrected chi connectivity index (χ1v) is 7.40. The van der Waals surface area contributed by atoms with Gasteiger partial charge >= 0.3 is 0 Å². The summed E-state index contributed by atoms with van der Waals surface area (Å²) >= 11 is 5.95. The molecule has 0 aliphatic carbocycles. The maximum Gasteiger partial charge on any atom is 0.224 e. The molecule has 118 valence electrons. The molecule has 22 heavy (non-hydrogen) atoms. The fourth-order valence-electron chi connectivity index (χ4n) is 2.07. The molecule has 1 aromatic carbocycles. The SMILES string of the molecule is CC(C)C(Cn1cncn1)NC(=O)Cc1c(F)cccc1Cl. The minimum Gasteiger partial charge on any atom is -0.351 e. The Bertz CT molecular complexity index is 610. The first-order valence-electron chi connectivity index (χ1n) is 7.02. The highest BCUT2D eigenvalue weighted by molar-refractivity contribution is 6.31. The van der Waals surface area contributed by atoms with Gasteiger partial charge in [0.15, 0.2) is 0 Å². The number of aromatic nitrogens is 3. The number of carbonyl (C=O) groups excluding carboxylic acids is 1. The van der Waals surface area contributed by atoms with Crippen LogP contribution in [0.2, 0.25) is 5.02 Å². The Labute approximate surface area is 133 Å². The molecular weight excluding hydrogens is 307 g/mol. The number of hydrogen-bond acceptors (Lipinski definition) is 3. The molecule has 0 saturated carbocycles. The van der Waals surface area contributed by atoms with Crippen LogP contribution in [0, 0.1) is 11.7 Å². The Morgan fingerprint density at radius 1 is 1.45 bits per heavy atom. The van der Waals surface area contributed by atoms with E-state index in [4.69, 9.17) is 11.6 Å². The van der Waals surface area contributed by atoms with Crippen LogP contribution in [-0.4, -0.2) is 26.7 Å². The van der Waals surface area contributed by atoms with E-state index in [0.717, 1.165) is 0 Å². The number of rotatable bonds is 6. The van der Waals surface area contributed by atoms with E-state index in [0.29, 0.717) is 6.54 Å². The number of carbonyl (C=O) groups is 1. The van der Waals surface area contributed by atoms with Crippen molar-refractivity contribution in [2.24, 2.45) is 5.92 Å². The lowest BCUT2D eigenvalue weighted by Gasteiger charge is -2.22. The lowest BCUT2D eigenvalue weighted by atomic mass is 10.0. The molecule has 1 unspecified atom stereocenters. The summed E-state index contributed by atoms with van der Waals surface area (Å²) in [5.41, 5.74) is 0.213. The molecule has 2 aromatic rings. The van der Waals surface area contributed by atoms with Gasteiger partial charge in [-0.15, -0.1) is 0 Å². The Kier molecular flexibility index (Phi) is 5.49. The van der Waals surface area contributed by atoms with E-state index < -0.39 is 5.82 Å². The predicted molar refractivity (Wildman–Crippen MR) is 81.9 cm³/mol. The van der Waals surface area contributed by atoms with Crippen LogP contribution in [0.4, 0.5) is 4.39 Å². The maximum atomic E-state index is 13.7. The second kappa shape index (κ2) is 7.35. The molecule has 5 nitrogen and oxygen atoms in total. The molecule has 1 amide bonds. The number of amides is 1. The Balaban J connectivity index is 2.02. The summed E-state index contributed by atoms with van der Waals surface area (Å²) in [6.07, 6.45) is 2.94. The van der Waals surface area contributed by atoms with Gasteiger partial charge in [-0.25, -0.2) is 9.37 Å². The average Bonchev–Trinajstić information content (AvgIpc) is 2.95. The van der Waals surface area contributed by atoms with Crippen LogP contribution in [0.15, 0.2) is 30.9 Å². The Hall–Kier alpha value is -1.95. The molecule has 0 bridgehead atoms. The number of hydrogen-bond donors (Lipinski definition) is 1. The van der Waals surface area contributed by atoms with E-state index in [1.807, 2.05) is 13.8 Å². The number of halogens is 2. The second-order valence-corrected chi connectivity index (χ2v) is 5.82. The van der Waals surface area contributed by atoms with Gasteiger partial charge in [-0.2, -0.15) is 5.10 Å². The molecule has 0 fully saturated rings. The van der Waals surface area contributed by atoms with Crippen molar-refractivity contribution >= 4 is 17.5 Å². The fraction of sp³-hybridized carbons (Fsp3) is 0.400. The quantitative estimate of drug-likeness (QED) is 0.888. The third-order valence-electron chi connectivity index (χ3n) is 3.40. The monoisotopic (exact) mass is 324 g/mol. The summed E-state index contributed by atoms with van der Waals surface area (Å²) in [7, 11) is 0. The molecule has 1 N–H and O–H groups in total. The van der Waals surface area contributed by atoms with E-state index in [2.05, 4.69) is 15.4 Å². The average molecular weight is 325 g/mol. The third-order valence-corrected chi connectivity index (χ3v) is 3.75. The topological polar surface area (TPSA) is 59.8 Å². The Morgan fingerprint density at radius 2 is 2.23 bits per heavy atom. The van der Waals surface area contributed by atoms with Crippen molar-refractivity contribution in [3.05, 3.63) is 47.3 Å². The van der Waals surface area contributed by atoms with E-state index in [1.54, 1.807) is 17.1 Å². The summed E-state index contributed by atoms with van der Waals surface area (Å²) in [4.78, 5) is 16.1. The van der Waals surface area contributed by atoms with Crippen LogP contribution in [0.1, 0.15) is 19.4 Å². The van der Waals surface area contributed by atoms with Crippen LogP contribution in [0.5, 0.6) is 0 Å². The van der Waals surface area contributed by atoms with Gasteiger partial charge in [-0.05, 0) is 18.1 Å². The fourth-order valence-corrected chi connectivity index (χ4v) is 2.30. The van der Waals surface area contributed by atoms with Crippen molar-refractivity contribution in [2.45, 2.75) is 32.9 Å². The van der Waals surface area contributed by atoms with Crippen LogP contribution in [0.3, 0.4) is 0 Å². The Morgan fingerprint density at radius 3 is 2.82 bits per heavy atom. The lowest BCUT2D eigenvalue weighted by Crippen LogP contribution is -2.42. The molecule has 0 aliphatic rings. The van der Waals surface area contributed by atoms with Gasteiger partial charge in [0.25, 0.3) is 0 Å². The highest BCUT2D eigenvalue weighted by Crippen LogP contribution is 2.19. The van der Waals surface area contributed by atoms with Gasteiger partial charge in [0.05, 0.1) is 19.0 Å². The zero-order chi connectivity index (χ0) is 16.1. The van der Waals surface area contributed by atoms with Crippen molar-refractivity contribution in [3.63, 3.8) is 0 Å². The van der Waals surface area contributed by atoms with Crippen molar-refractivity contribution in [1.29, 1.82) is 0 Å². The van der Waals surface area contributed by atoms with E-state index in [1.165, 1.54) is 18.5 Å². The molecule has 0 saturated heterocycles. The first-order chi connectivity index (χ1) is 10.5. The molecule has 0 aliphatic heterocycles. The van der Waals surface area contributed by atoms with Gasteiger partial charge < -0.3 is 5.32 Å². The molecule has 2 rings (SSSR count). The number of benzene rings is 1. The zero-order valence-electron chi connectivity index (χ0n) is 12.5. The predicted octanol–water partition coefficient (Wildman–Crippen LogP) is 2.45. The van der Waals surface area contributed by atoms with E-state index >= 15 is 0 Å². The molecule has 0 radical (unpaired) electrons. The van der Waals surface area contributed by atoms with Crippen LogP contribution >= 0.6 is 11.6 Å². The van der Waals surface area contributed by atoms with Gasteiger partial charge in [-0.1, -0.05) is 31.5 Å². The van der Waals surface area contributed by atoms with Crippen LogP contribution < -0.4 is 5.32 Å². The molecule has 7 heteroatoms. The molecule has 1 heterocycles. The summed E-state index contributed by atoms with van der Waals surface area (Å²) in [6.45, 7) is 4.50. The summed E-state index contributed by atoms with van der Waals surface area (Å²) < 4.78 is 15.4. The lowest BCUT2D eigenvalue weighted by molar-refractivity contribution is -0.121. The standard InChI is InChI=1S/C15H18ClFN4O/c1-10(2)14(7-21-9-18-8-19-21)20-15(22)6-11-12(16)4-3-5-13(11)17/h3-5,8-10,14H,6-7H2,1-2H3,(H,20,22). The van der Waals surface area contributed by atoms with E-state index in [-0.39, 0.29) is 34.9 Å². The summed E-state index contributed by atoms with van der Waals surface area (Å²) in [5.74, 6) is -0.546. The smallest absolute Gasteiger partial charge is 0.224 e. The van der Waals surface area contributed by atoms with Crippen LogP contribution in [0.25, 0.3) is 0 Å². The molecular formula is C15H18ClFN4O. The zero-order valence-corrected chi connectivity index (χ0v) is 13.2. The largest absolute Gasteiger partial charge is 0.351 e. The maximum absolute atomic E-state index is 13.7. The van der Waals surface area contributed by atoms with Gasteiger partial charge in [0, 0.05) is 10.6 Å². The van der Waals surface area contributed by atoms with Crippen molar-refractivity contribution in [1.82, 2.24) is 20.1 Å². The summed E-state index contributed by atoms with van der Waals surface area (Å²) in [5, 5.41) is 7.19. The van der Waals surface area contributed by atoms with Crippen molar-refractivity contribution in [2.75, 3.05) is 0 Å². The third kappa shape index (κ3) is 4.27. The van der Waals surface area contributed by atoms with Crippen molar-refractivity contribution in [3.8, 4) is 0 Å². The molecule has 0 spiro atoms. The molecule has 1 aromatic heterocycles. The summed E-state index contributed by atoms with van der Waals surface area (Å²) in [6, 6.07) is 4.26. The number of nitrogens with zero attached hydrogens (tertiary/aromatic N) is 3. The van der Waals surface area contributed by atoms with Gasteiger partial charge in [0.2, 0.25) is 5.91 Å². The van der Waals surface area contributed by atoms with Crippen molar-refractivity contribution < 1.29 is 9.18 Å². The highest BCUT2D eigenvalue weighted by atomic mass is 35.5. The van der Waals surface area contributed by atoms with E-state index in [9.17, 15) is 9.18 Å². The minimum absolute atomic E-state index is 0.0912.